The van der Waals surface area contributed by atoms with Gasteiger partial charge in [0, 0.05) is 25.7 Å². The van der Waals surface area contributed by atoms with E-state index in [4.69, 9.17) is 37.0 Å². The number of unbranched alkanes of at least 4 members (excludes halogenated alkanes) is 36. The number of phosphoric ester groups is 2. The summed E-state index contributed by atoms with van der Waals surface area (Å²) in [6.45, 7) is 7.15. The van der Waals surface area contributed by atoms with Gasteiger partial charge in [0.1, 0.15) is 19.3 Å². The van der Waals surface area contributed by atoms with Gasteiger partial charge in [-0.15, -0.1) is 0 Å². The molecule has 17 nitrogen and oxygen atoms in total. The normalized spacial score (nSPS) is 14.2. The Labute approximate surface area is 505 Å². The minimum Gasteiger partial charge on any atom is -0.462 e. The van der Waals surface area contributed by atoms with Crippen LogP contribution in [0.1, 0.15) is 324 Å². The van der Waals surface area contributed by atoms with Crippen LogP contribution in [0.4, 0.5) is 0 Å². The molecule has 0 aliphatic rings. The van der Waals surface area contributed by atoms with Crippen LogP contribution in [0.5, 0.6) is 0 Å². The van der Waals surface area contributed by atoms with E-state index in [9.17, 15) is 43.2 Å². The number of phosphoric acid groups is 2. The zero-order valence-corrected chi connectivity index (χ0v) is 55.1. The average Bonchev–Trinajstić information content (AvgIpc) is 3.45. The Morgan fingerprint density at radius 3 is 0.819 bits per heavy atom. The molecule has 83 heavy (non-hydrogen) atoms. The lowest BCUT2D eigenvalue weighted by molar-refractivity contribution is -0.161. The summed E-state index contributed by atoms with van der Waals surface area (Å²) in [6, 6.07) is 0. The number of hydrogen-bond donors (Lipinski definition) is 3. The number of aliphatic hydroxyl groups is 1. The highest BCUT2D eigenvalue weighted by Crippen LogP contribution is 2.45. The lowest BCUT2D eigenvalue weighted by Gasteiger charge is -2.21. The van der Waals surface area contributed by atoms with E-state index in [1.807, 2.05) is 0 Å². The molecule has 0 bridgehead atoms. The Hall–Kier alpha value is -1.94. The summed E-state index contributed by atoms with van der Waals surface area (Å²) in [7, 11) is -9.88. The molecule has 0 amide bonds. The second-order valence-electron chi connectivity index (χ2n) is 23.6. The van der Waals surface area contributed by atoms with Crippen LogP contribution in [0.3, 0.4) is 0 Å². The first-order valence-corrected chi connectivity index (χ1v) is 36.6. The third-order valence-corrected chi connectivity index (χ3v) is 16.7. The monoisotopic (exact) mass is 1230 g/mol. The van der Waals surface area contributed by atoms with E-state index in [1.54, 1.807) is 0 Å². The maximum Gasteiger partial charge on any atom is 0.472 e. The van der Waals surface area contributed by atoms with Crippen molar-refractivity contribution in [3.8, 4) is 0 Å². The van der Waals surface area contributed by atoms with Gasteiger partial charge in [-0.05, 0) is 31.6 Å². The molecule has 0 aromatic carbocycles. The summed E-state index contributed by atoms with van der Waals surface area (Å²) in [6.07, 6.45) is 41.7. The summed E-state index contributed by atoms with van der Waals surface area (Å²) in [5.41, 5.74) is 0. The molecule has 0 saturated carbocycles. The molecule has 3 N–H and O–H groups in total. The molecule has 492 valence electrons. The van der Waals surface area contributed by atoms with E-state index in [1.165, 1.54) is 135 Å². The summed E-state index contributed by atoms with van der Waals surface area (Å²) < 4.78 is 67.9. The molecule has 0 rings (SSSR count). The first-order valence-electron chi connectivity index (χ1n) is 33.6. The predicted molar refractivity (Wildman–Crippen MR) is 331 cm³/mol. The predicted octanol–water partition coefficient (Wildman–Crippen LogP) is 17.8. The molecular formula is C64H124O17P2. The zero-order chi connectivity index (χ0) is 61.3. The van der Waals surface area contributed by atoms with Gasteiger partial charge in [-0.2, -0.15) is 0 Å². The Morgan fingerprint density at radius 1 is 0.325 bits per heavy atom. The summed E-state index contributed by atoms with van der Waals surface area (Å²) in [4.78, 5) is 72.1. The molecule has 0 fully saturated rings. The molecule has 19 heteroatoms. The van der Waals surface area contributed by atoms with Gasteiger partial charge in [-0.25, -0.2) is 9.13 Å². The van der Waals surface area contributed by atoms with Crippen molar-refractivity contribution in [2.75, 3.05) is 39.6 Å². The lowest BCUT2D eigenvalue weighted by Crippen LogP contribution is -2.30. The zero-order valence-electron chi connectivity index (χ0n) is 53.3. The average molecular weight is 1230 g/mol. The van der Waals surface area contributed by atoms with Crippen LogP contribution < -0.4 is 0 Å². The molecule has 0 heterocycles. The second-order valence-corrected chi connectivity index (χ2v) is 26.5. The van der Waals surface area contributed by atoms with E-state index in [0.717, 1.165) is 109 Å². The smallest absolute Gasteiger partial charge is 0.462 e. The number of aliphatic hydroxyl groups excluding tert-OH is 1. The standard InChI is InChI=1S/C64H124O17P2/c1-6-9-12-15-18-21-22-26-29-34-38-43-48-62(67)75-54-60(81-64(69)50-45-40-35-30-27-24-23-25-28-31-36-41-46-57(4)5)56-79-83(72,73)77-52-58(65)51-76-82(70,71)78-55-59(80-63(68)49-44-39-33-20-17-14-11-8-3)53-74-61(66)47-42-37-32-19-16-13-10-7-2/h57-60,65H,6-56H2,1-5H3,(H,70,71)(H,72,73)/t58-,59+,60+/m0/s1. The molecule has 0 spiro atoms. The summed E-state index contributed by atoms with van der Waals surface area (Å²) in [5, 5.41) is 10.5. The summed E-state index contributed by atoms with van der Waals surface area (Å²) in [5.74, 6) is -1.36. The minimum atomic E-state index is -4.94. The van der Waals surface area contributed by atoms with Gasteiger partial charge < -0.3 is 33.8 Å². The highest BCUT2D eigenvalue weighted by atomic mass is 31.2. The third kappa shape index (κ3) is 58.8. The SMILES string of the molecule is CCCCCCCCCCCCCCC(=O)OC[C@H](COP(=O)(O)OC[C@@H](O)COP(=O)(O)OC[C@@H](COC(=O)CCCCCCCCCC)OC(=O)CCCCCCCCCC)OC(=O)CCCCCCCCCCCCCCC(C)C. The fourth-order valence-corrected chi connectivity index (χ4v) is 11.2. The maximum atomic E-state index is 13.0. The molecule has 5 atom stereocenters. The van der Waals surface area contributed by atoms with E-state index in [0.29, 0.717) is 25.7 Å². The van der Waals surface area contributed by atoms with Crippen LogP contribution in [-0.2, 0) is 65.4 Å². The third-order valence-electron chi connectivity index (χ3n) is 14.8. The summed E-state index contributed by atoms with van der Waals surface area (Å²) >= 11 is 0. The molecule has 0 saturated heterocycles. The van der Waals surface area contributed by atoms with Crippen LogP contribution in [0.25, 0.3) is 0 Å². The van der Waals surface area contributed by atoms with Gasteiger partial charge in [0.25, 0.3) is 0 Å². The van der Waals surface area contributed by atoms with E-state index in [2.05, 4.69) is 34.6 Å². The fraction of sp³-hybridized carbons (Fsp3) is 0.938. The Kier molecular flexibility index (Phi) is 56.4. The molecule has 0 radical (unpaired) electrons. The van der Waals surface area contributed by atoms with Gasteiger partial charge in [-0.1, -0.05) is 272 Å². The van der Waals surface area contributed by atoms with Crippen LogP contribution in [0.2, 0.25) is 0 Å². The van der Waals surface area contributed by atoms with Crippen molar-refractivity contribution >= 4 is 39.5 Å². The molecule has 0 aromatic heterocycles. The number of carbonyl (C=O) groups excluding carboxylic acids is 4. The van der Waals surface area contributed by atoms with Crippen molar-refractivity contribution in [1.29, 1.82) is 0 Å². The highest BCUT2D eigenvalue weighted by molar-refractivity contribution is 7.47. The number of esters is 4. The van der Waals surface area contributed by atoms with Gasteiger partial charge in [-0.3, -0.25) is 37.3 Å². The Balaban J connectivity index is 5.20. The first kappa shape index (κ1) is 81.1. The lowest BCUT2D eigenvalue weighted by atomic mass is 10.0. The van der Waals surface area contributed by atoms with Crippen molar-refractivity contribution < 1.29 is 80.2 Å². The number of carbonyl (C=O) groups is 4. The van der Waals surface area contributed by atoms with Gasteiger partial charge in [0.15, 0.2) is 12.2 Å². The van der Waals surface area contributed by atoms with Crippen molar-refractivity contribution in [3.63, 3.8) is 0 Å². The minimum absolute atomic E-state index is 0.105. The van der Waals surface area contributed by atoms with Gasteiger partial charge >= 0.3 is 39.5 Å². The van der Waals surface area contributed by atoms with E-state index >= 15 is 0 Å². The van der Waals surface area contributed by atoms with Crippen molar-refractivity contribution in [2.24, 2.45) is 5.92 Å². The maximum absolute atomic E-state index is 13.0. The molecule has 2 unspecified atom stereocenters. The second kappa shape index (κ2) is 57.8. The van der Waals surface area contributed by atoms with Crippen LogP contribution in [0.15, 0.2) is 0 Å². The largest absolute Gasteiger partial charge is 0.472 e. The quantitative estimate of drug-likeness (QED) is 0.0222. The molecule has 0 aliphatic carbocycles. The van der Waals surface area contributed by atoms with Crippen LogP contribution in [0, 0.1) is 5.92 Å². The first-order chi connectivity index (χ1) is 40.0. The van der Waals surface area contributed by atoms with Crippen molar-refractivity contribution in [1.82, 2.24) is 0 Å². The van der Waals surface area contributed by atoms with E-state index in [-0.39, 0.29) is 25.7 Å². The topological polar surface area (TPSA) is 237 Å². The number of rotatable bonds is 64. The number of ether oxygens (including phenoxy) is 4. The fourth-order valence-electron chi connectivity index (χ4n) is 9.58. The van der Waals surface area contributed by atoms with Crippen LogP contribution in [-0.4, -0.2) is 96.7 Å². The van der Waals surface area contributed by atoms with Crippen molar-refractivity contribution in [3.05, 3.63) is 0 Å². The van der Waals surface area contributed by atoms with Gasteiger partial charge in [0.2, 0.25) is 0 Å². The van der Waals surface area contributed by atoms with E-state index < -0.39 is 97.5 Å². The van der Waals surface area contributed by atoms with Crippen LogP contribution >= 0.6 is 15.6 Å². The highest BCUT2D eigenvalue weighted by Gasteiger charge is 2.30. The Bertz CT molecular complexity index is 1620. The van der Waals surface area contributed by atoms with Crippen molar-refractivity contribution in [2.45, 2.75) is 342 Å². The van der Waals surface area contributed by atoms with Gasteiger partial charge in [0.05, 0.1) is 26.4 Å². The molecule has 0 aromatic rings. The molecule has 0 aliphatic heterocycles. The number of hydrogen-bond acceptors (Lipinski definition) is 15. The molecular weight excluding hydrogens is 1100 g/mol. The Morgan fingerprint density at radius 2 is 0.554 bits per heavy atom.